The van der Waals surface area contributed by atoms with E-state index in [1.165, 1.54) is 0 Å². The Morgan fingerprint density at radius 1 is 0.909 bits per heavy atom. The second-order valence-electron chi connectivity index (χ2n) is 12.5. The number of fused-ring (bicyclic) bond motifs is 1. The molecule has 0 bridgehead atoms. The molecule has 2 aliphatic rings. The quantitative estimate of drug-likeness (QED) is 0.433. The predicted molar refractivity (Wildman–Crippen MR) is 137 cm³/mol. The van der Waals surface area contributed by atoms with Gasteiger partial charge in [0.2, 0.25) is 0 Å². The molecule has 0 spiro atoms. The van der Waals surface area contributed by atoms with Crippen molar-refractivity contribution in [2.75, 3.05) is 10.6 Å². The molecule has 0 saturated heterocycles. The first-order valence-electron chi connectivity index (χ1n) is 11.9. The first-order valence-corrected chi connectivity index (χ1v) is 11.9. The normalized spacial score (nSPS) is 20.4. The molecule has 0 saturated carbocycles. The Morgan fingerprint density at radius 2 is 1.45 bits per heavy atom. The smallest absolute Gasteiger partial charge is 0.163 e. The van der Waals surface area contributed by atoms with Crippen LogP contribution in [-0.2, 0) is 15.6 Å². The zero-order chi connectivity index (χ0) is 24.3. The number of rotatable bonds is 1. The van der Waals surface area contributed by atoms with Gasteiger partial charge in [-0.25, -0.2) is 0 Å². The van der Waals surface area contributed by atoms with Crippen LogP contribution in [0.15, 0.2) is 47.7 Å². The lowest BCUT2D eigenvalue weighted by Crippen LogP contribution is -2.31. The number of hydrogen-bond acceptors (Lipinski definition) is 4. The monoisotopic (exact) mass is 446 g/mol. The molecule has 4 nitrogen and oxygen atoms in total. The third-order valence-corrected chi connectivity index (χ3v) is 6.80. The molecule has 0 aromatic heterocycles. The molecule has 3 N–H and O–H groups in total. The molecule has 2 aromatic carbocycles. The van der Waals surface area contributed by atoms with Gasteiger partial charge in [-0.3, -0.25) is 4.79 Å². The van der Waals surface area contributed by atoms with Crippen molar-refractivity contribution >= 4 is 17.2 Å². The van der Waals surface area contributed by atoms with E-state index in [0.717, 1.165) is 45.8 Å². The summed E-state index contributed by atoms with van der Waals surface area (Å²) in [5, 5.41) is 18.5. The summed E-state index contributed by atoms with van der Waals surface area (Å²) in [5.41, 5.74) is 6.04. The van der Waals surface area contributed by atoms with E-state index in [1.807, 2.05) is 12.1 Å². The summed E-state index contributed by atoms with van der Waals surface area (Å²) in [6, 6.07) is 12.0. The first-order chi connectivity index (χ1) is 15.2. The number of carbonyl (C=O) groups is 1. The number of carbonyl (C=O) groups excluding carboxylic acids is 1. The lowest BCUT2D eigenvalue weighted by Gasteiger charge is -2.35. The van der Waals surface area contributed by atoms with Crippen LogP contribution in [0.1, 0.15) is 91.0 Å². The lowest BCUT2D eigenvalue weighted by molar-refractivity contribution is -0.118. The molecule has 176 valence electrons. The maximum Gasteiger partial charge on any atom is 0.163 e. The van der Waals surface area contributed by atoms with Crippen LogP contribution in [-0.4, -0.2) is 10.9 Å². The van der Waals surface area contributed by atoms with E-state index < -0.39 is 0 Å². The van der Waals surface area contributed by atoms with Crippen LogP contribution in [0.2, 0.25) is 0 Å². The van der Waals surface area contributed by atoms with Gasteiger partial charge in [0.15, 0.2) is 5.78 Å². The summed E-state index contributed by atoms with van der Waals surface area (Å²) in [6.07, 6.45) is 1.34. The van der Waals surface area contributed by atoms with Crippen molar-refractivity contribution in [3.05, 3.63) is 64.4 Å². The Kier molecular flexibility index (Phi) is 5.42. The molecular weight excluding hydrogens is 408 g/mol. The number of anilines is 2. The van der Waals surface area contributed by atoms with Gasteiger partial charge in [0.05, 0.1) is 17.4 Å². The average Bonchev–Trinajstić information content (AvgIpc) is 2.81. The van der Waals surface area contributed by atoms with Gasteiger partial charge < -0.3 is 15.7 Å². The van der Waals surface area contributed by atoms with Gasteiger partial charge in [0.25, 0.3) is 0 Å². The molecular formula is C29H38N2O2. The van der Waals surface area contributed by atoms with Gasteiger partial charge >= 0.3 is 0 Å². The molecule has 1 aliphatic carbocycles. The number of para-hydroxylation sites is 2. The average molecular weight is 447 g/mol. The molecule has 0 radical (unpaired) electrons. The Morgan fingerprint density at radius 3 is 2.00 bits per heavy atom. The highest BCUT2D eigenvalue weighted by atomic mass is 16.3. The van der Waals surface area contributed by atoms with E-state index in [-0.39, 0.29) is 28.1 Å². The summed E-state index contributed by atoms with van der Waals surface area (Å²) in [7, 11) is 0. The zero-order valence-electron chi connectivity index (χ0n) is 21.3. The summed E-state index contributed by atoms with van der Waals surface area (Å²) >= 11 is 0. The maximum absolute atomic E-state index is 13.6. The minimum Gasteiger partial charge on any atom is -0.507 e. The number of nitrogens with one attached hydrogen (secondary N) is 2. The molecule has 0 amide bonds. The fraction of sp³-hybridized carbons (Fsp3) is 0.483. The number of aromatic hydroxyl groups is 1. The van der Waals surface area contributed by atoms with Crippen molar-refractivity contribution in [3.8, 4) is 5.75 Å². The van der Waals surface area contributed by atoms with Crippen LogP contribution >= 0.6 is 0 Å². The number of phenols is 1. The third-order valence-electron chi connectivity index (χ3n) is 6.80. The largest absolute Gasteiger partial charge is 0.507 e. The highest BCUT2D eigenvalue weighted by Crippen LogP contribution is 2.48. The van der Waals surface area contributed by atoms with Gasteiger partial charge in [-0.15, -0.1) is 0 Å². The van der Waals surface area contributed by atoms with Crippen LogP contribution in [0.3, 0.4) is 0 Å². The highest BCUT2D eigenvalue weighted by Gasteiger charge is 2.39. The Balaban J connectivity index is 1.99. The number of benzene rings is 2. The van der Waals surface area contributed by atoms with E-state index in [1.54, 1.807) is 0 Å². The number of hydrogen-bond donors (Lipinski definition) is 3. The van der Waals surface area contributed by atoms with Crippen molar-refractivity contribution < 1.29 is 9.90 Å². The Labute approximate surface area is 198 Å². The molecule has 2 aromatic rings. The Bertz CT molecular complexity index is 1110. The van der Waals surface area contributed by atoms with Crippen molar-refractivity contribution in [2.45, 2.75) is 85.1 Å². The van der Waals surface area contributed by atoms with E-state index >= 15 is 0 Å². The summed E-state index contributed by atoms with van der Waals surface area (Å²) < 4.78 is 0. The maximum atomic E-state index is 13.6. The second kappa shape index (κ2) is 7.65. The fourth-order valence-corrected chi connectivity index (χ4v) is 5.11. The van der Waals surface area contributed by atoms with Gasteiger partial charge in [-0.1, -0.05) is 67.5 Å². The minimum atomic E-state index is -0.289. The molecule has 1 atom stereocenters. The summed E-state index contributed by atoms with van der Waals surface area (Å²) in [4.78, 5) is 13.6. The van der Waals surface area contributed by atoms with Gasteiger partial charge in [-0.2, -0.15) is 0 Å². The molecule has 33 heavy (non-hydrogen) atoms. The molecule has 0 fully saturated rings. The van der Waals surface area contributed by atoms with Gasteiger partial charge in [0.1, 0.15) is 5.75 Å². The lowest BCUT2D eigenvalue weighted by atomic mass is 9.72. The predicted octanol–water partition coefficient (Wildman–Crippen LogP) is 7.21. The standard InChI is InChI=1S/C29H38N2O2/c1-27(2,3)18-13-17(14-19(26(18)33)28(4,5)6)25-24-22(15-29(7,8)16-23(24)32)30-20-11-9-10-12-21(20)31-25/h9-14,25,30-31,33H,15-16H2,1-8H3. The highest BCUT2D eigenvalue weighted by molar-refractivity contribution is 6.01. The van der Waals surface area contributed by atoms with Crippen LogP contribution in [0.4, 0.5) is 11.4 Å². The van der Waals surface area contributed by atoms with Gasteiger partial charge in [0, 0.05) is 17.7 Å². The van der Waals surface area contributed by atoms with Gasteiger partial charge in [-0.05, 0) is 63.6 Å². The van der Waals surface area contributed by atoms with Crippen molar-refractivity contribution in [3.63, 3.8) is 0 Å². The molecule has 1 aliphatic heterocycles. The fourth-order valence-electron chi connectivity index (χ4n) is 5.11. The summed E-state index contributed by atoms with van der Waals surface area (Å²) in [6.45, 7) is 17.0. The molecule has 1 heterocycles. The number of allylic oxidation sites excluding steroid dienone is 1. The second-order valence-corrected chi connectivity index (χ2v) is 12.5. The van der Waals surface area contributed by atoms with E-state index in [2.05, 4.69) is 90.3 Å². The topological polar surface area (TPSA) is 61.4 Å². The minimum absolute atomic E-state index is 0.0884. The van der Waals surface area contributed by atoms with Crippen molar-refractivity contribution in [2.24, 2.45) is 5.41 Å². The molecule has 1 unspecified atom stereocenters. The van der Waals surface area contributed by atoms with E-state index in [9.17, 15) is 9.90 Å². The first kappa shape index (κ1) is 23.4. The zero-order valence-corrected chi connectivity index (χ0v) is 21.3. The van der Waals surface area contributed by atoms with Crippen LogP contribution in [0, 0.1) is 5.41 Å². The Hall–Kier alpha value is -2.75. The van der Waals surface area contributed by atoms with Crippen molar-refractivity contribution in [1.82, 2.24) is 0 Å². The van der Waals surface area contributed by atoms with Crippen molar-refractivity contribution in [1.29, 1.82) is 0 Å². The third kappa shape index (κ3) is 4.40. The van der Waals surface area contributed by atoms with Crippen LogP contribution < -0.4 is 10.6 Å². The molecule has 4 heteroatoms. The van der Waals surface area contributed by atoms with Crippen LogP contribution in [0.25, 0.3) is 0 Å². The van der Waals surface area contributed by atoms with Crippen LogP contribution in [0.5, 0.6) is 5.75 Å². The number of phenolic OH excluding ortho intramolecular Hbond substituents is 1. The number of Topliss-reactive ketones (excluding diaryl/α,β-unsaturated/α-hetero) is 1. The van der Waals surface area contributed by atoms with E-state index in [0.29, 0.717) is 12.2 Å². The van der Waals surface area contributed by atoms with E-state index in [4.69, 9.17) is 0 Å². The summed E-state index contributed by atoms with van der Waals surface area (Å²) in [5.74, 6) is 0.540. The SMILES string of the molecule is CC1(C)CC(=O)C2=C(C1)Nc1ccccc1NC2c1cc(C(C)(C)C)c(O)c(C(C)(C)C)c1. The molecule has 4 rings (SSSR count). The number of ketones is 1.